The highest BCUT2D eigenvalue weighted by atomic mass is 16.5. The lowest BCUT2D eigenvalue weighted by Gasteiger charge is -2.14. The molecule has 5 nitrogen and oxygen atoms in total. The van der Waals surface area contributed by atoms with E-state index >= 15 is 0 Å². The molecule has 1 aromatic carbocycles. The zero-order valence-electron chi connectivity index (χ0n) is 11.4. The number of carbonyl (C=O) groups excluding carboxylic acids is 1. The fourth-order valence-corrected chi connectivity index (χ4v) is 1.84. The van der Waals surface area contributed by atoms with Gasteiger partial charge >= 0.3 is 5.97 Å². The van der Waals surface area contributed by atoms with Gasteiger partial charge in [-0.25, -0.2) is 4.79 Å². The summed E-state index contributed by atoms with van der Waals surface area (Å²) in [6.45, 7) is 4.07. The van der Waals surface area contributed by atoms with Gasteiger partial charge in [-0.3, -0.25) is 4.79 Å². The Morgan fingerprint density at radius 2 is 1.84 bits per heavy atom. The van der Waals surface area contributed by atoms with Crippen LogP contribution in [0.2, 0.25) is 0 Å². The van der Waals surface area contributed by atoms with Crippen molar-refractivity contribution in [2.45, 2.75) is 26.3 Å². The molecule has 1 unspecified atom stereocenters. The van der Waals surface area contributed by atoms with E-state index < -0.39 is 12.0 Å². The molecule has 0 aliphatic carbocycles. The highest BCUT2D eigenvalue weighted by Crippen LogP contribution is 2.09. The molecule has 0 spiro atoms. The van der Waals surface area contributed by atoms with E-state index in [2.05, 4.69) is 5.32 Å². The smallest absolute Gasteiger partial charge is 0.326 e. The van der Waals surface area contributed by atoms with Crippen molar-refractivity contribution in [3.05, 3.63) is 34.9 Å². The number of carboxylic acids is 1. The Balaban J connectivity index is 2.78. The molecule has 0 saturated heterocycles. The van der Waals surface area contributed by atoms with Gasteiger partial charge in [0.1, 0.15) is 6.04 Å². The second kappa shape index (κ2) is 6.89. The molecule has 1 atom stereocenters. The fraction of sp³-hybridized carbons (Fsp3) is 0.429. The lowest BCUT2D eigenvalue weighted by atomic mass is 10.1. The molecule has 0 bridgehead atoms. The van der Waals surface area contributed by atoms with Crippen LogP contribution in [0.5, 0.6) is 0 Å². The van der Waals surface area contributed by atoms with Gasteiger partial charge in [-0.15, -0.1) is 0 Å². The minimum absolute atomic E-state index is 0.238. The number of hydrogen-bond acceptors (Lipinski definition) is 3. The van der Waals surface area contributed by atoms with Gasteiger partial charge < -0.3 is 15.2 Å². The van der Waals surface area contributed by atoms with Crippen molar-refractivity contribution in [1.82, 2.24) is 5.32 Å². The molecule has 0 aromatic heterocycles. The number of aliphatic carboxylic acids is 1. The number of rotatable bonds is 6. The second-order valence-corrected chi connectivity index (χ2v) is 4.52. The maximum atomic E-state index is 12.0. The van der Waals surface area contributed by atoms with E-state index in [4.69, 9.17) is 9.84 Å². The molecule has 0 saturated carbocycles. The van der Waals surface area contributed by atoms with Crippen molar-refractivity contribution in [3.8, 4) is 0 Å². The van der Waals surface area contributed by atoms with Crippen LogP contribution in [0.3, 0.4) is 0 Å². The van der Waals surface area contributed by atoms with E-state index in [1.54, 1.807) is 12.1 Å². The molecule has 0 heterocycles. The largest absolute Gasteiger partial charge is 0.480 e. The summed E-state index contributed by atoms with van der Waals surface area (Å²) in [5.41, 5.74) is 2.41. The summed E-state index contributed by atoms with van der Waals surface area (Å²) >= 11 is 0. The van der Waals surface area contributed by atoms with Crippen LogP contribution < -0.4 is 5.32 Å². The lowest BCUT2D eigenvalue weighted by molar-refractivity contribution is -0.139. The van der Waals surface area contributed by atoms with E-state index in [-0.39, 0.29) is 18.9 Å². The topological polar surface area (TPSA) is 75.6 Å². The van der Waals surface area contributed by atoms with Crippen LogP contribution in [0.25, 0.3) is 0 Å². The SMILES string of the molecule is COCCC(NC(=O)c1cc(C)cc(C)c1)C(=O)O. The van der Waals surface area contributed by atoms with Crippen LogP contribution in [0.1, 0.15) is 27.9 Å². The van der Waals surface area contributed by atoms with Gasteiger partial charge in [0.2, 0.25) is 0 Å². The summed E-state index contributed by atoms with van der Waals surface area (Å²) in [5.74, 6) is -1.44. The van der Waals surface area contributed by atoms with Gasteiger partial charge in [0, 0.05) is 25.7 Å². The van der Waals surface area contributed by atoms with Gasteiger partial charge in [0.05, 0.1) is 0 Å². The van der Waals surface area contributed by atoms with E-state index in [0.717, 1.165) is 11.1 Å². The number of nitrogens with one attached hydrogen (secondary N) is 1. The minimum atomic E-state index is -1.06. The van der Waals surface area contributed by atoms with E-state index in [1.165, 1.54) is 7.11 Å². The number of hydrogen-bond donors (Lipinski definition) is 2. The molecule has 2 N–H and O–H groups in total. The van der Waals surface area contributed by atoms with Crippen LogP contribution in [0, 0.1) is 13.8 Å². The Morgan fingerprint density at radius 3 is 2.32 bits per heavy atom. The standard InChI is InChI=1S/C14H19NO4/c1-9-6-10(2)8-11(7-9)13(16)15-12(14(17)18)4-5-19-3/h6-8,12H,4-5H2,1-3H3,(H,15,16)(H,17,18). The van der Waals surface area contributed by atoms with Gasteiger partial charge in [-0.05, 0) is 26.0 Å². The first-order valence-corrected chi connectivity index (χ1v) is 6.05. The molecule has 0 fully saturated rings. The molecule has 1 rings (SSSR count). The Morgan fingerprint density at radius 1 is 1.26 bits per heavy atom. The predicted octanol–water partition coefficient (Wildman–Crippen LogP) is 1.52. The third-order valence-corrected chi connectivity index (χ3v) is 2.70. The van der Waals surface area contributed by atoms with Crippen LogP contribution in [0.15, 0.2) is 18.2 Å². The fourth-order valence-electron chi connectivity index (χ4n) is 1.84. The van der Waals surface area contributed by atoms with E-state index in [9.17, 15) is 9.59 Å². The minimum Gasteiger partial charge on any atom is -0.480 e. The second-order valence-electron chi connectivity index (χ2n) is 4.52. The van der Waals surface area contributed by atoms with Crippen molar-refractivity contribution in [2.24, 2.45) is 0 Å². The molecule has 104 valence electrons. The van der Waals surface area contributed by atoms with Gasteiger partial charge in [-0.1, -0.05) is 17.2 Å². The van der Waals surface area contributed by atoms with Crippen molar-refractivity contribution < 1.29 is 19.4 Å². The third-order valence-electron chi connectivity index (χ3n) is 2.70. The van der Waals surface area contributed by atoms with Crippen LogP contribution >= 0.6 is 0 Å². The maximum Gasteiger partial charge on any atom is 0.326 e. The number of methoxy groups -OCH3 is 1. The summed E-state index contributed by atoms with van der Waals surface area (Å²) in [6.07, 6.45) is 0.238. The number of carboxylic acid groups (broad SMARTS) is 1. The third kappa shape index (κ3) is 4.71. The summed E-state index contributed by atoms with van der Waals surface area (Å²) in [6, 6.07) is 4.49. The average Bonchev–Trinajstić information content (AvgIpc) is 2.32. The molecular formula is C14H19NO4. The van der Waals surface area contributed by atoms with Crippen molar-refractivity contribution in [3.63, 3.8) is 0 Å². The zero-order chi connectivity index (χ0) is 14.4. The molecular weight excluding hydrogens is 246 g/mol. The first-order chi connectivity index (χ1) is 8.93. The van der Waals surface area contributed by atoms with E-state index in [1.807, 2.05) is 19.9 Å². The average molecular weight is 265 g/mol. The van der Waals surface area contributed by atoms with Crippen LogP contribution in [-0.2, 0) is 9.53 Å². The quantitative estimate of drug-likeness (QED) is 0.817. The Hall–Kier alpha value is -1.88. The van der Waals surface area contributed by atoms with Crippen LogP contribution in [-0.4, -0.2) is 36.7 Å². The number of aryl methyl sites for hydroxylation is 2. The number of carbonyl (C=O) groups is 2. The van der Waals surface area contributed by atoms with E-state index in [0.29, 0.717) is 5.56 Å². The van der Waals surface area contributed by atoms with Crippen molar-refractivity contribution in [2.75, 3.05) is 13.7 Å². The number of ether oxygens (including phenoxy) is 1. The predicted molar refractivity (Wildman–Crippen MR) is 71.3 cm³/mol. The summed E-state index contributed by atoms with van der Waals surface area (Å²) < 4.78 is 4.83. The molecule has 1 aromatic rings. The highest BCUT2D eigenvalue weighted by molar-refractivity contribution is 5.96. The molecule has 0 radical (unpaired) electrons. The summed E-state index contributed by atoms with van der Waals surface area (Å²) in [7, 11) is 1.49. The maximum absolute atomic E-state index is 12.0. The molecule has 1 amide bonds. The van der Waals surface area contributed by atoms with Crippen molar-refractivity contribution in [1.29, 1.82) is 0 Å². The van der Waals surface area contributed by atoms with Gasteiger partial charge in [0.25, 0.3) is 5.91 Å². The van der Waals surface area contributed by atoms with Gasteiger partial charge in [-0.2, -0.15) is 0 Å². The van der Waals surface area contributed by atoms with Crippen LogP contribution in [0.4, 0.5) is 0 Å². The number of amides is 1. The summed E-state index contributed by atoms with van der Waals surface area (Å²) in [5, 5.41) is 11.5. The zero-order valence-corrected chi connectivity index (χ0v) is 11.4. The normalized spacial score (nSPS) is 11.9. The molecule has 0 aliphatic heterocycles. The highest BCUT2D eigenvalue weighted by Gasteiger charge is 2.20. The van der Waals surface area contributed by atoms with Gasteiger partial charge in [0.15, 0.2) is 0 Å². The Bertz CT molecular complexity index is 450. The molecule has 19 heavy (non-hydrogen) atoms. The summed E-state index contributed by atoms with van der Waals surface area (Å²) in [4.78, 5) is 23.0. The molecule has 0 aliphatic rings. The number of benzene rings is 1. The van der Waals surface area contributed by atoms with Crippen molar-refractivity contribution >= 4 is 11.9 Å². The first kappa shape index (κ1) is 15.2. The molecule has 5 heteroatoms. The lowest BCUT2D eigenvalue weighted by Crippen LogP contribution is -2.41. The Labute approximate surface area is 112 Å². The Kier molecular flexibility index (Phi) is 5.51. The monoisotopic (exact) mass is 265 g/mol. The first-order valence-electron chi connectivity index (χ1n) is 6.05.